The standard InChI is InChI=1S/C13H16N2O5/c1-19-8-5-10(13(17)18)15(7-8)12(16)9-3-4-14-6-11(9)20-2/h3-4,6,8,10H,5,7H2,1-2H3,(H,17,18). The number of methoxy groups -OCH3 is 2. The van der Waals surface area contributed by atoms with Crippen molar-refractivity contribution in [2.75, 3.05) is 20.8 Å². The largest absolute Gasteiger partial charge is 0.494 e. The molecule has 2 heterocycles. The molecule has 2 rings (SSSR count). The maximum atomic E-state index is 12.5. The molecule has 1 fully saturated rings. The van der Waals surface area contributed by atoms with Gasteiger partial charge in [-0.25, -0.2) is 4.79 Å². The Morgan fingerprint density at radius 1 is 1.45 bits per heavy atom. The summed E-state index contributed by atoms with van der Waals surface area (Å²) in [6, 6.07) is 0.630. The quantitative estimate of drug-likeness (QED) is 0.859. The highest BCUT2D eigenvalue weighted by Crippen LogP contribution is 2.25. The molecule has 7 heteroatoms. The molecule has 0 spiro atoms. The van der Waals surface area contributed by atoms with Crippen LogP contribution >= 0.6 is 0 Å². The predicted octanol–water partition coefficient (Wildman–Crippen LogP) is 0.404. The normalized spacial score (nSPS) is 21.8. The second kappa shape index (κ2) is 5.87. The summed E-state index contributed by atoms with van der Waals surface area (Å²) in [6.07, 6.45) is 2.90. The van der Waals surface area contributed by atoms with Gasteiger partial charge in [-0.15, -0.1) is 0 Å². The smallest absolute Gasteiger partial charge is 0.326 e. The summed E-state index contributed by atoms with van der Waals surface area (Å²) >= 11 is 0. The SMILES string of the molecule is COc1cnccc1C(=O)N1CC(OC)CC1C(=O)O. The van der Waals surface area contributed by atoms with E-state index >= 15 is 0 Å². The summed E-state index contributed by atoms with van der Waals surface area (Å²) < 4.78 is 10.2. The van der Waals surface area contributed by atoms with Crippen molar-refractivity contribution < 1.29 is 24.2 Å². The highest BCUT2D eigenvalue weighted by atomic mass is 16.5. The Morgan fingerprint density at radius 2 is 2.20 bits per heavy atom. The van der Waals surface area contributed by atoms with Crippen molar-refractivity contribution in [2.24, 2.45) is 0 Å². The van der Waals surface area contributed by atoms with Crippen LogP contribution in [-0.2, 0) is 9.53 Å². The first-order valence-corrected chi connectivity index (χ1v) is 6.13. The Bertz CT molecular complexity index is 519. The van der Waals surface area contributed by atoms with Crippen LogP contribution in [0.2, 0.25) is 0 Å². The van der Waals surface area contributed by atoms with Gasteiger partial charge < -0.3 is 19.5 Å². The fourth-order valence-electron chi connectivity index (χ4n) is 2.30. The van der Waals surface area contributed by atoms with Gasteiger partial charge in [0, 0.05) is 26.3 Å². The number of carboxylic acids is 1. The number of rotatable bonds is 4. The first-order chi connectivity index (χ1) is 9.58. The van der Waals surface area contributed by atoms with Crippen molar-refractivity contribution >= 4 is 11.9 Å². The number of amides is 1. The second-order valence-electron chi connectivity index (χ2n) is 4.48. The number of carboxylic acid groups (broad SMARTS) is 1. The minimum atomic E-state index is -1.04. The summed E-state index contributed by atoms with van der Waals surface area (Å²) in [6.45, 7) is 0.248. The molecule has 0 aromatic carbocycles. The summed E-state index contributed by atoms with van der Waals surface area (Å²) in [5, 5.41) is 9.23. The fraction of sp³-hybridized carbons (Fsp3) is 0.462. The van der Waals surface area contributed by atoms with Gasteiger partial charge in [-0.05, 0) is 6.07 Å². The first kappa shape index (κ1) is 14.3. The number of aromatic nitrogens is 1. The molecule has 1 aromatic rings. The van der Waals surface area contributed by atoms with Crippen LogP contribution < -0.4 is 4.74 Å². The second-order valence-corrected chi connectivity index (χ2v) is 4.48. The molecule has 2 unspecified atom stereocenters. The number of hydrogen-bond acceptors (Lipinski definition) is 5. The van der Waals surface area contributed by atoms with E-state index in [2.05, 4.69) is 4.98 Å². The Morgan fingerprint density at radius 3 is 2.80 bits per heavy atom. The molecule has 1 amide bonds. The highest BCUT2D eigenvalue weighted by molar-refractivity contribution is 5.99. The molecular formula is C13H16N2O5. The Labute approximate surface area is 116 Å². The number of likely N-dealkylation sites (tertiary alicyclic amines) is 1. The zero-order chi connectivity index (χ0) is 14.7. The van der Waals surface area contributed by atoms with E-state index in [1.54, 1.807) is 0 Å². The van der Waals surface area contributed by atoms with Crippen molar-refractivity contribution in [3.05, 3.63) is 24.0 Å². The van der Waals surface area contributed by atoms with Gasteiger partial charge in [0.1, 0.15) is 11.8 Å². The van der Waals surface area contributed by atoms with Crippen LogP contribution in [0.25, 0.3) is 0 Å². The first-order valence-electron chi connectivity index (χ1n) is 6.13. The number of aliphatic carboxylic acids is 1. The average Bonchev–Trinajstić information content (AvgIpc) is 2.91. The molecule has 1 saturated heterocycles. The van der Waals surface area contributed by atoms with E-state index < -0.39 is 17.9 Å². The molecule has 0 bridgehead atoms. The molecule has 7 nitrogen and oxygen atoms in total. The maximum absolute atomic E-state index is 12.5. The van der Waals surface area contributed by atoms with Crippen molar-refractivity contribution in [2.45, 2.75) is 18.6 Å². The third-order valence-electron chi connectivity index (χ3n) is 3.38. The molecule has 108 valence electrons. The Balaban J connectivity index is 2.29. The minimum Gasteiger partial charge on any atom is -0.494 e. The molecule has 0 radical (unpaired) electrons. The van der Waals surface area contributed by atoms with E-state index in [-0.39, 0.29) is 19.1 Å². The molecule has 1 aliphatic heterocycles. The topological polar surface area (TPSA) is 89.0 Å². The lowest BCUT2D eigenvalue weighted by Gasteiger charge is -2.22. The number of carbonyl (C=O) groups excluding carboxylic acids is 1. The number of pyridine rings is 1. The summed E-state index contributed by atoms with van der Waals surface area (Å²) in [5.74, 6) is -1.11. The lowest BCUT2D eigenvalue weighted by Crippen LogP contribution is -2.40. The summed E-state index contributed by atoms with van der Waals surface area (Å²) in [5.41, 5.74) is 0.297. The molecule has 2 atom stereocenters. The number of nitrogens with zero attached hydrogens (tertiary/aromatic N) is 2. The van der Waals surface area contributed by atoms with Gasteiger partial charge in [-0.3, -0.25) is 9.78 Å². The van der Waals surface area contributed by atoms with Crippen molar-refractivity contribution in [1.82, 2.24) is 9.88 Å². The van der Waals surface area contributed by atoms with E-state index in [0.717, 1.165) is 0 Å². The predicted molar refractivity (Wildman–Crippen MR) is 68.7 cm³/mol. The van der Waals surface area contributed by atoms with E-state index in [1.807, 2.05) is 0 Å². The van der Waals surface area contributed by atoms with Gasteiger partial charge in [-0.1, -0.05) is 0 Å². The van der Waals surface area contributed by atoms with Crippen molar-refractivity contribution in [3.8, 4) is 5.75 Å². The maximum Gasteiger partial charge on any atom is 0.326 e. The average molecular weight is 280 g/mol. The number of hydrogen-bond donors (Lipinski definition) is 1. The van der Waals surface area contributed by atoms with Crippen LogP contribution in [0.3, 0.4) is 0 Å². The van der Waals surface area contributed by atoms with Gasteiger partial charge >= 0.3 is 5.97 Å². The molecule has 1 N–H and O–H groups in total. The Kier molecular flexibility index (Phi) is 4.19. The molecule has 0 saturated carbocycles. The van der Waals surface area contributed by atoms with Crippen LogP contribution in [0.15, 0.2) is 18.5 Å². The van der Waals surface area contributed by atoms with E-state index in [1.165, 1.54) is 37.6 Å². The van der Waals surface area contributed by atoms with Crippen LogP contribution in [-0.4, -0.2) is 59.8 Å². The lowest BCUT2D eigenvalue weighted by atomic mass is 10.1. The summed E-state index contributed by atoms with van der Waals surface area (Å²) in [4.78, 5) is 28.9. The molecule has 1 aliphatic rings. The lowest BCUT2D eigenvalue weighted by molar-refractivity contribution is -0.141. The Hall–Kier alpha value is -2.15. The molecule has 1 aromatic heterocycles. The van der Waals surface area contributed by atoms with Crippen molar-refractivity contribution in [3.63, 3.8) is 0 Å². The van der Waals surface area contributed by atoms with Crippen LogP contribution in [0.4, 0.5) is 0 Å². The zero-order valence-corrected chi connectivity index (χ0v) is 11.3. The number of ether oxygens (including phenoxy) is 2. The van der Waals surface area contributed by atoms with E-state index in [4.69, 9.17) is 9.47 Å². The van der Waals surface area contributed by atoms with Gasteiger partial charge in [0.15, 0.2) is 0 Å². The van der Waals surface area contributed by atoms with Crippen LogP contribution in [0.1, 0.15) is 16.8 Å². The van der Waals surface area contributed by atoms with Gasteiger partial charge in [0.05, 0.1) is 25.0 Å². The minimum absolute atomic E-state index is 0.248. The van der Waals surface area contributed by atoms with E-state index in [9.17, 15) is 14.7 Å². The monoisotopic (exact) mass is 280 g/mol. The molecule has 0 aliphatic carbocycles. The molecular weight excluding hydrogens is 264 g/mol. The zero-order valence-electron chi connectivity index (χ0n) is 11.3. The van der Waals surface area contributed by atoms with Gasteiger partial charge in [0.2, 0.25) is 0 Å². The third-order valence-corrected chi connectivity index (χ3v) is 3.38. The molecule has 20 heavy (non-hydrogen) atoms. The van der Waals surface area contributed by atoms with Crippen molar-refractivity contribution in [1.29, 1.82) is 0 Å². The van der Waals surface area contributed by atoms with Crippen LogP contribution in [0, 0.1) is 0 Å². The fourth-order valence-corrected chi connectivity index (χ4v) is 2.30. The summed E-state index contributed by atoms with van der Waals surface area (Å²) in [7, 11) is 2.94. The third kappa shape index (κ3) is 2.57. The highest BCUT2D eigenvalue weighted by Gasteiger charge is 2.40. The number of carbonyl (C=O) groups is 2. The van der Waals surface area contributed by atoms with E-state index in [0.29, 0.717) is 11.3 Å². The van der Waals surface area contributed by atoms with Crippen LogP contribution in [0.5, 0.6) is 5.75 Å². The van der Waals surface area contributed by atoms with Gasteiger partial charge in [0.25, 0.3) is 5.91 Å². The van der Waals surface area contributed by atoms with Gasteiger partial charge in [-0.2, -0.15) is 0 Å².